The third-order valence-electron chi connectivity index (χ3n) is 3.76. The van der Waals surface area contributed by atoms with Crippen LogP contribution < -0.4 is 10.6 Å². The van der Waals surface area contributed by atoms with Crippen LogP contribution in [0.2, 0.25) is 0 Å². The van der Waals surface area contributed by atoms with Gasteiger partial charge in [-0.25, -0.2) is 4.79 Å². The van der Waals surface area contributed by atoms with Gasteiger partial charge in [-0.3, -0.25) is 9.59 Å². The van der Waals surface area contributed by atoms with Crippen molar-refractivity contribution in [1.29, 1.82) is 0 Å². The summed E-state index contributed by atoms with van der Waals surface area (Å²) in [6.07, 6.45) is 1.77. The average Bonchev–Trinajstić information content (AvgIpc) is 3.36. The molecule has 2 amide bonds. The Bertz CT molecular complexity index is 621. The van der Waals surface area contributed by atoms with Gasteiger partial charge in [0.25, 0.3) is 0 Å². The van der Waals surface area contributed by atoms with Crippen molar-refractivity contribution in [2.45, 2.75) is 32.6 Å². The summed E-state index contributed by atoms with van der Waals surface area (Å²) < 4.78 is 4.77. The van der Waals surface area contributed by atoms with E-state index in [4.69, 9.17) is 4.74 Å². The second-order valence-electron chi connectivity index (χ2n) is 5.99. The molecule has 23 heavy (non-hydrogen) atoms. The maximum atomic E-state index is 12.0. The molecule has 1 saturated carbocycles. The van der Waals surface area contributed by atoms with E-state index in [0.29, 0.717) is 11.3 Å². The molecule has 1 fully saturated rings. The fourth-order valence-electron chi connectivity index (χ4n) is 2.16. The van der Waals surface area contributed by atoms with E-state index in [2.05, 4.69) is 10.6 Å². The van der Waals surface area contributed by atoms with Crippen LogP contribution in [0, 0.1) is 5.92 Å². The number of esters is 1. The molecule has 1 aromatic rings. The second kappa shape index (κ2) is 7.26. The second-order valence-corrected chi connectivity index (χ2v) is 5.99. The normalized spacial score (nSPS) is 13.6. The van der Waals surface area contributed by atoms with Crippen molar-refractivity contribution < 1.29 is 19.1 Å². The van der Waals surface area contributed by atoms with Gasteiger partial charge in [0.1, 0.15) is 0 Å². The minimum Gasteiger partial charge on any atom is -0.465 e. The molecular weight excluding hydrogens is 296 g/mol. The number of rotatable bonds is 6. The predicted molar refractivity (Wildman–Crippen MR) is 86.2 cm³/mol. The Labute approximate surface area is 135 Å². The first-order valence-corrected chi connectivity index (χ1v) is 7.72. The summed E-state index contributed by atoms with van der Waals surface area (Å²) in [5, 5.41) is 5.24. The lowest BCUT2D eigenvalue weighted by atomic mass is 9.99. The van der Waals surface area contributed by atoms with Crippen LogP contribution in [-0.2, 0) is 14.3 Å². The smallest absolute Gasteiger partial charge is 0.339 e. The first-order valence-electron chi connectivity index (χ1n) is 7.72. The number of methoxy groups -OCH3 is 1. The van der Waals surface area contributed by atoms with Gasteiger partial charge < -0.3 is 15.4 Å². The molecule has 124 valence electrons. The third kappa shape index (κ3) is 4.55. The fourth-order valence-corrected chi connectivity index (χ4v) is 2.16. The van der Waals surface area contributed by atoms with E-state index in [1.54, 1.807) is 12.1 Å². The minimum absolute atomic E-state index is 0.0544. The predicted octanol–water partition coefficient (Wildman–Crippen LogP) is 2.06. The summed E-state index contributed by atoms with van der Waals surface area (Å²) in [6, 6.07) is 5.26. The van der Waals surface area contributed by atoms with Gasteiger partial charge in [-0.15, -0.1) is 0 Å². The Hall–Kier alpha value is -2.37. The minimum atomic E-state index is -0.509. The summed E-state index contributed by atoms with van der Waals surface area (Å²) in [7, 11) is 1.30. The van der Waals surface area contributed by atoms with Crippen molar-refractivity contribution in [1.82, 2.24) is 5.32 Å². The van der Waals surface area contributed by atoms with Crippen LogP contribution in [0.15, 0.2) is 18.2 Å². The van der Waals surface area contributed by atoms with Crippen LogP contribution in [0.5, 0.6) is 0 Å². The average molecular weight is 318 g/mol. The quantitative estimate of drug-likeness (QED) is 0.786. The van der Waals surface area contributed by atoms with Crippen LogP contribution in [0.25, 0.3) is 0 Å². The van der Waals surface area contributed by atoms with Crippen LogP contribution in [0.1, 0.15) is 48.5 Å². The van der Waals surface area contributed by atoms with Crippen LogP contribution in [0.4, 0.5) is 5.69 Å². The first-order chi connectivity index (χ1) is 10.9. The number of amides is 2. The molecule has 2 rings (SSSR count). The number of carbonyl (C=O) groups excluding carboxylic acids is 3. The zero-order valence-electron chi connectivity index (χ0n) is 13.6. The Morgan fingerprint density at radius 3 is 2.52 bits per heavy atom. The molecule has 0 saturated heterocycles. The van der Waals surface area contributed by atoms with Gasteiger partial charge in [0, 0.05) is 5.92 Å². The van der Waals surface area contributed by atoms with E-state index in [1.165, 1.54) is 7.11 Å². The van der Waals surface area contributed by atoms with Gasteiger partial charge >= 0.3 is 5.97 Å². The molecule has 1 aromatic carbocycles. The van der Waals surface area contributed by atoms with Gasteiger partial charge in [0.05, 0.1) is 24.9 Å². The molecule has 0 spiro atoms. The summed E-state index contributed by atoms with van der Waals surface area (Å²) in [5.41, 5.74) is 1.66. The largest absolute Gasteiger partial charge is 0.465 e. The Morgan fingerprint density at radius 1 is 1.26 bits per heavy atom. The molecule has 0 bridgehead atoms. The fraction of sp³-hybridized carbons (Fsp3) is 0.471. The van der Waals surface area contributed by atoms with E-state index in [9.17, 15) is 14.4 Å². The zero-order valence-corrected chi connectivity index (χ0v) is 13.6. The molecule has 0 heterocycles. The Kier molecular flexibility index (Phi) is 5.36. The van der Waals surface area contributed by atoms with E-state index >= 15 is 0 Å². The lowest BCUT2D eigenvalue weighted by Gasteiger charge is -2.13. The molecule has 1 aliphatic rings. The Balaban J connectivity index is 2.06. The molecule has 0 atom stereocenters. The van der Waals surface area contributed by atoms with Gasteiger partial charge in [-0.05, 0) is 36.5 Å². The van der Waals surface area contributed by atoms with Crippen LogP contribution >= 0.6 is 0 Å². The lowest BCUT2D eigenvalue weighted by molar-refractivity contribution is -0.125. The highest BCUT2D eigenvalue weighted by atomic mass is 16.5. The monoisotopic (exact) mass is 318 g/mol. The highest BCUT2D eigenvalue weighted by Crippen LogP contribution is 2.28. The van der Waals surface area contributed by atoms with E-state index in [1.807, 2.05) is 19.9 Å². The summed E-state index contributed by atoms with van der Waals surface area (Å²) in [5.74, 6) is -0.672. The van der Waals surface area contributed by atoms with E-state index < -0.39 is 5.97 Å². The van der Waals surface area contributed by atoms with Gasteiger partial charge in [-0.1, -0.05) is 19.9 Å². The number of anilines is 1. The maximum absolute atomic E-state index is 12.0. The molecule has 0 aliphatic heterocycles. The van der Waals surface area contributed by atoms with Crippen molar-refractivity contribution in [3.8, 4) is 0 Å². The zero-order chi connectivity index (χ0) is 17.0. The number of hydrogen-bond donors (Lipinski definition) is 2. The highest BCUT2D eigenvalue weighted by Gasteiger charge is 2.29. The van der Waals surface area contributed by atoms with E-state index in [-0.39, 0.29) is 30.2 Å². The molecule has 0 aromatic heterocycles. The molecule has 2 N–H and O–H groups in total. The highest BCUT2D eigenvalue weighted by molar-refractivity contribution is 6.02. The summed E-state index contributed by atoms with van der Waals surface area (Å²) >= 11 is 0. The lowest BCUT2D eigenvalue weighted by Crippen LogP contribution is -2.34. The molecular formula is C17H22N2O4. The molecule has 1 aliphatic carbocycles. The SMILES string of the molecule is COC(=O)c1cc(C(C)C)ccc1NC(=O)CNC(=O)C1CC1. The van der Waals surface area contributed by atoms with Gasteiger partial charge in [0.15, 0.2) is 0 Å². The Morgan fingerprint density at radius 2 is 1.96 bits per heavy atom. The number of hydrogen-bond acceptors (Lipinski definition) is 4. The summed E-state index contributed by atoms with van der Waals surface area (Å²) in [4.78, 5) is 35.4. The van der Waals surface area contributed by atoms with Crippen molar-refractivity contribution in [2.75, 3.05) is 19.0 Å². The standard InChI is InChI=1S/C17H22N2O4/c1-10(2)12-6-7-14(13(8-12)17(22)23-3)19-15(20)9-18-16(21)11-4-5-11/h6-8,10-11H,4-5,9H2,1-3H3,(H,18,21)(H,19,20). The van der Waals surface area contributed by atoms with E-state index in [0.717, 1.165) is 18.4 Å². The van der Waals surface area contributed by atoms with Crippen molar-refractivity contribution in [2.24, 2.45) is 5.92 Å². The van der Waals surface area contributed by atoms with Crippen LogP contribution in [0.3, 0.4) is 0 Å². The van der Waals surface area contributed by atoms with Crippen molar-refractivity contribution in [3.63, 3.8) is 0 Å². The maximum Gasteiger partial charge on any atom is 0.339 e. The number of nitrogens with one attached hydrogen (secondary N) is 2. The molecule has 6 heteroatoms. The number of benzene rings is 1. The molecule has 0 unspecified atom stereocenters. The number of ether oxygens (including phenoxy) is 1. The first kappa shape index (κ1) is 17.0. The molecule has 6 nitrogen and oxygen atoms in total. The van der Waals surface area contributed by atoms with Crippen molar-refractivity contribution in [3.05, 3.63) is 29.3 Å². The number of carbonyl (C=O) groups is 3. The summed E-state index contributed by atoms with van der Waals surface area (Å²) in [6.45, 7) is 3.92. The molecule has 0 radical (unpaired) electrons. The topological polar surface area (TPSA) is 84.5 Å². The third-order valence-corrected chi connectivity index (χ3v) is 3.76. The van der Waals surface area contributed by atoms with Crippen molar-refractivity contribution >= 4 is 23.5 Å². The van der Waals surface area contributed by atoms with Gasteiger partial charge in [-0.2, -0.15) is 0 Å². The van der Waals surface area contributed by atoms with Gasteiger partial charge in [0.2, 0.25) is 11.8 Å². The van der Waals surface area contributed by atoms with Crippen LogP contribution in [-0.4, -0.2) is 31.4 Å².